The minimum Gasteiger partial charge on any atom is -0.393 e. The molecule has 0 aliphatic heterocycles. The molecule has 1 aromatic rings. The zero-order chi connectivity index (χ0) is 16.1. The minimum atomic E-state index is -0.0815. The van der Waals surface area contributed by atoms with Gasteiger partial charge in [0.25, 0.3) is 0 Å². The number of aliphatic hydroxyl groups excluding tert-OH is 1. The Morgan fingerprint density at radius 3 is 2.32 bits per heavy atom. The van der Waals surface area contributed by atoms with E-state index in [1.165, 1.54) is 18.4 Å². The molecule has 2 nitrogen and oxygen atoms in total. The summed E-state index contributed by atoms with van der Waals surface area (Å²) in [6, 6.07) is 11.9. The van der Waals surface area contributed by atoms with E-state index >= 15 is 0 Å². The molecule has 124 valence electrons. The van der Waals surface area contributed by atoms with Gasteiger partial charge in [-0.15, -0.1) is 0 Å². The van der Waals surface area contributed by atoms with Gasteiger partial charge in [0.1, 0.15) is 0 Å². The van der Waals surface area contributed by atoms with Crippen LogP contribution in [0.25, 0.3) is 0 Å². The fraction of sp³-hybridized carbons (Fsp3) is 0.700. The summed E-state index contributed by atoms with van der Waals surface area (Å²) in [4.78, 5) is 2.66. The van der Waals surface area contributed by atoms with Gasteiger partial charge in [-0.1, -0.05) is 50.6 Å². The van der Waals surface area contributed by atoms with E-state index < -0.39 is 0 Å². The summed E-state index contributed by atoms with van der Waals surface area (Å²) in [7, 11) is 0. The van der Waals surface area contributed by atoms with Crippen molar-refractivity contribution in [1.82, 2.24) is 4.90 Å². The Bertz CT molecular complexity index is 429. The van der Waals surface area contributed by atoms with Gasteiger partial charge in [0.15, 0.2) is 0 Å². The van der Waals surface area contributed by atoms with Crippen molar-refractivity contribution in [2.24, 2.45) is 11.8 Å². The quantitative estimate of drug-likeness (QED) is 0.827. The summed E-state index contributed by atoms with van der Waals surface area (Å²) in [5, 5.41) is 9.98. The predicted molar refractivity (Wildman–Crippen MR) is 93.8 cm³/mol. The highest BCUT2D eigenvalue weighted by atomic mass is 16.3. The van der Waals surface area contributed by atoms with Gasteiger partial charge in [0.2, 0.25) is 0 Å². The molecule has 2 rings (SSSR count). The third-order valence-electron chi connectivity index (χ3n) is 5.02. The summed E-state index contributed by atoms with van der Waals surface area (Å²) >= 11 is 0. The van der Waals surface area contributed by atoms with Crippen LogP contribution in [0.2, 0.25) is 0 Å². The molecule has 0 bridgehead atoms. The Balaban J connectivity index is 2.16. The fourth-order valence-corrected chi connectivity index (χ4v) is 3.98. The molecule has 0 heterocycles. The number of hydrogen-bond donors (Lipinski definition) is 1. The number of aliphatic hydroxyl groups is 1. The number of rotatable bonds is 6. The van der Waals surface area contributed by atoms with E-state index in [1.807, 2.05) is 0 Å². The van der Waals surface area contributed by atoms with Crippen molar-refractivity contribution in [1.29, 1.82) is 0 Å². The number of nitrogens with zero attached hydrogens (tertiary/aromatic N) is 1. The average Bonchev–Trinajstić information content (AvgIpc) is 2.47. The van der Waals surface area contributed by atoms with Crippen molar-refractivity contribution in [3.8, 4) is 0 Å². The zero-order valence-corrected chi connectivity index (χ0v) is 14.7. The van der Waals surface area contributed by atoms with Gasteiger partial charge in [-0.25, -0.2) is 0 Å². The largest absolute Gasteiger partial charge is 0.393 e. The average molecular weight is 303 g/mol. The topological polar surface area (TPSA) is 23.5 Å². The summed E-state index contributed by atoms with van der Waals surface area (Å²) in [5.41, 5.74) is 1.42. The van der Waals surface area contributed by atoms with Gasteiger partial charge < -0.3 is 5.11 Å². The third kappa shape index (κ3) is 4.57. The van der Waals surface area contributed by atoms with E-state index in [0.29, 0.717) is 23.9 Å². The van der Waals surface area contributed by atoms with Crippen LogP contribution in [-0.4, -0.2) is 28.7 Å². The van der Waals surface area contributed by atoms with E-state index in [0.717, 1.165) is 19.4 Å². The zero-order valence-electron chi connectivity index (χ0n) is 14.7. The highest BCUT2D eigenvalue weighted by Crippen LogP contribution is 2.33. The molecule has 1 aliphatic carbocycles. The van der Waals surface area contributed by atoms with Crippen LogP contribution in [0.4, 0.5) is 0 Å². The molecule has 0 amide bonds. The first-order valence-corrected chi connectivity index (χ1v) is 8.97. The molecule has 3 unspecified atom stereocenters. The maximum absolute atomic E-state index is 9.98. The van der Waals surface area contributed by atoms with Crippen molar-refractivity contribution in [3.05, 3.63) is 35.9 Å². The maximum Gasteiger partial charge on any atom is 0.0543 e. The second-order valence-corrected chi connectivity index (χ2v) is 7.58. The second kappa shape index (κ2) is 8.12. The highest BCUT2D eigenvalue weighted by Gasteiger charge is 2.29. The second-order valence-electron chi connectivity index (χ2n) is 7.58. The van der Waals surface area contributed by atoms with Crippen LogP contribution in [0.15, 0.2) is 30.3 Å². The lowest BCUT2D eigenvalue weighted by molar-refractivity contribution is 0.0499. The molecule has 22 heavy (non-hydrogen) atoms. The molecular formula is C20H33NO. The van der Waals surface area contributed by atoms with Gasteiger partial charge >= 0.3 is 0 Å². The Morgan fingerprint density at radius 1 is 1.09 bits per heavy atom. The van der Waals surface area contributed by atoms with Crippen molar-refractivity contribution in [2.75, 3.05) is 6.54 Å². The summed E-state index contributed by atoms with van der Waals surface area (Å²) in [6.45, 7) is 10.4. The molecule has 0 spiro atoms. The lowest BCUT2D eigenvalue weighted by Gasteiger charge is -2.41. The van der Waals surface area contributed by atoms with Gasteiger partial charge in [0, 0.05) is 18.6 Å². The molecular weight excluding hydrogens is 270 g/mol. The molecule has 0 saturated heterocycles. The Labute approximate surface area is 136 Å². The van der Waals surface area contributed by atoms with Gasteiger partial charge in [0.05, 0.1) is 6.10 Å². The molecule has 2 heteroatoms. The van der Waals surface area contributed by atoms with Crippen LogP contribution in [0.5, 0.6) is 0 Å². The van der Waals surface area contributed by atoms with E-state index in [2.05, 4.69) is 62.9 Å². The molecule has 3 atom stereocenters. The third-order valence-corrected chi connectivity index (χ3v) is 5.02. The normalized spacial score (nSPS) is 24.2. The van der Waals surface area contributed by atoms with Gasteiger partial charge in [-0.3, -0.25) is 4.90 Å². The van der Waals surface area contributed by atoms with Crippen molar-refractivity contribution < 1.29 is 5.11 Å². The Hall–Kier alpha value is -0.860. The maximum atomic E-state index is 9.98. The number of hydrogen-bond acceptors (Lipinski definition) is 2. The Kier molecular flexibility index (Phi) is 6.46. The van der Waals surface area contributed by atoms with E-state index in [1.54, 1.807) is 0 Å². The van der Waals surface area contributed by atoms with Gasteiger partial charge in [-0.05, 0) is 50.5 Å². The lowest BCUT2D eigenvalue weighted by atomic mass is 9.85. The first kappa shape index (κ1) is 17.5. The molecule has 1 N–H and O–H groups in total. The SMILES string of the molecule is CC(C)C(c1ccccc1)N(CC1CCCC(O)C1)C(C)C. The first-order valence-electron chi connectivity index (χ1n) is 8.97. The van der Waals surface area contributed by atoms with E-state index in [9.17, 15) is 5.11 Å². The molecule has 1 saturated carbocycles. The van der Waals surface area contributed by atoms with E-state index in [4.69, 9.17) is 0 Å². The Morgan fingerprint density at radius 2 is 1.77 bits per heavy atom. The first-order chi connectivity index (χ1) is 10.5. The van der Waals surface area contributed by atoms with Crippen LogP contribution >= 0.6 is 0 Å². The van der Waals surface area contributed by atoms with Crippen LogP contribution in [0.1, 0.15) is 65.0 Å². The summed E-state index contributed by atoms with van der Waals surface area (Å²) < 4.78 is 0. The van der Waals surface area contributed by atoms with Crippen molar-refractivity contribution >= 4 is 0 Å². The minimum absolute atomic E-state index is 0.0815. The lowest BCUT2D eigenvalue weighted by Crippen LogP contribution is -2.42. The van der Waals surface area contributed by atoms with Crippen LogP contribution in [0.3, 0.4) is 0 Å². The van der Waals surface area contributed by atoms with Crippen molar-refractivity contribution in [3.63, 3.8) is 0 Å². The van der Waals surface area contributed by atoms with E-state index in [-0.39, 0.29) is 6.10 Å². The van der Waals surface area contributed by atoms with Crippen LogP contribution < -0.4 is 0 Å². The summed E-state index contributed by atoms with van der Waals surface area (Å²) in [5.74, 6) is 1.22. The molecule has 1 aromatic carbocycles. The summed E-state index contributed by atoms with van der Waals surface area (Å²) in [6.07, 6.45) is 4.32. The van der Waals surface area contributed by atoms with Gasteiger partial charge in [-0.2, -0.15) is 0 Å². The predicted octanol–water partition coefficient (Wildman–Crippen LogP) is 4.65. The van der Waals surface area contributed by atoms with Crippen LogP contribution in [-0.2, 0) is 0 Å². The standard InChI is InChI=1S/C20H33NO/c1-15(2)20(18-10-6-5-7-11-18)21(16(3)4)14-17-9-8-12-19(22)13-17/h5-7,10-11,15-17,19-20,22H,8-9,12-14H2,1-4H3. The van der Waals surface area contributed by atoms with Crippen molar-refractivity contribution in [2.45, 2.75) is 71.6 Å². The number of benzene rings is 1. The molecule has 0 aromatic heterocycles. The van der Waals surface area contributed by atoms with Crippen LogP contribution in [0, 0.1) is 11.8 Å². The molecule has 1 aliphatic rings. The fourth-order valence-electron chi connectivity index (χ4n) is 3.98. The molecule has 0 radical (unpaired) electrons. The highest BCUT2D eigenvalue weighted by molar-refractivity contribution is 5.20. The smallest absolute Gasteiger partial charge is 0.0543 e. The molecule has 1 fully saturated rings. The monoisotopic (exact) mass is 303 g/mol.